The first-order valence-corrected chi connectivity index (χ1v) is 8.07. The number of halogens is 3. The molecule has 1 aromatic heterocycles. The second kappa shape index (κ2) is 7.88. The van der Waals surface area contributed by atoms with Crippen LogP contribution < -0.4 is 15.4 Å². The molecule has 1 saturated heterocycles. The number of alkyl halides is 3. The molecule has 0 amide bonds. The van der Waals surface area contributed by atoms with E-state index in [0.717, 1.165) is 12.1 Å². The molecule has 2 heterocycles. The van der Waals surface area contributed by atoms with Gasteiger partial charge in [0, 0.05) is 13.1 Å². The quantitative estimate of drug-likeness (QED) is 0.817. The molecule has 2 aromatic rings. The van der Waals surface area contributed by atoms with Gasteiger partial charge in [-0.3, -0.25) is 0 Å². The van der Waals surface area contributed by atoms with Gasteiger partial charge in [-0.2, -0.15) is 13.2 Å². The fourth-order valence-electron chi connectivity index (χ4n) is 2.63. The lowest BCUT2D eigenvalue weighted by Crippen LogP contribution is -2.34. The highest BCUT2D eigenvalue weighted by molar-refractivity contribution is 5.30. The molecule has 3 rings (SSSR count). The second-order valence-corrected chi connectivity index (χ2v) is 5.90. The topological polar surface area (TPSA) is 68.3 Å². The number of hydrogen-bond acceptors (Lipinski definition) is 6. The number of rotatable bonds is 6. The van der Waals surface area contributed by atoms with E-state index < -0.39 is 11.7 Å². The molecule has 1 fully saturated rings. The average molecular weight is 368 g/mol. The molecule has 0 unspecified atom stereocenters. The van der Waals surface area contributed by atoms with Crippen molar-refractivity contribution in [2.45, 2.75) is 24.9 Å². The molecule has 0 bridgehead atoms. The Morgan fingerprint density at radius 3 is 2.46 bits per heavy atom. The number of methoxy groups -OCH3 is 1. The number of anilines is 1. The maximum Gasteiger partial charge on any atom is 0.416 e. The van der Waals surface area contributed by atoms with Crippen LogP contribution in [0.4, 0.5) is 19.1 Å². The maximum atomic E-state index is 12.6. The normalized spacial score (nSPS) is 20.2. The number of nitrogens with one attached hydrogen (secondary N) is 2. The van der Waals surface area contributed by atoms with Gasteiger partial charge in [0.2, 0.25) is 5.95 Å². The largest absolute Gasteiger partial charge is 0.494 e. The Balaban J connectivity index is 1.55. The lowest BCUT2D eigenvalue weighted by molar-refractivity contribution is -0.137. The molecule has 26 heavy (non-hydrogen) atoms. The van der Waals surface area contributed by atoms with Crippen LogP contribution in [0.15, 0.2) is 36.7 Å². The molecule has 0 aliphatic carbocycles. The summed E-state index contributed by atoms with van der Waals surface area (Å²) in [6.45, 7) is 1.54. The Morgan fingerprint density at radius 2 is 1.85 bits per heavy atom. The van der Waals surface area contributed by atoms with Crippen LogP contribution in [0.3, 0.4) is 0 Å². The second-order valence-electron chi connectivity index (χ2n) is 5.90. The Labute approximate surface area is 148 Å². The summed E-state index contributed by atoms with van der Waals surface area (Å²) in [4.78, 5) is 8.32. The van der Waals surface area contributed by atoms with Crippen molar-refractivity contribution in [2.75, 3.05) is 25.5 Å². The summed E-state index contributed by atoms with van der Waals surface area (Å²) < 4.78 is 48.6. The van der Waals surface area contributed by atoms with Crippen molar-refractivity contribution in [3.05, 3.63) is 47.8 Å². The monoisotopic (exact) mass is 368 g/mol. The highest BCUT2D eigenvalue weighted by atomic mass is 19.4. The first kappa shape index (κ1) is 18.4. The number of ether oxygens (including phenoxy) is 2. The summed E-state index contributed by atoms with van der Waals surface area (Å²) >= 11 is 0. The van der Waals surface area contributed by atoms with Gasteiger partial charge in [-0.05, 0) is 17.7 Å². The minimum absolute atomic E-state index is 0.0437. The molecule has 6 nitrogen and oxygen atoms in total. The number of benzene rings is 1. The van der Waals surface area contributed by atoms with E-state index >= 15 is 0 Å². The maximum absolute atomic E-state index is 12.6. The molecule has 2 atom stereocenters. The summed E-state index contributed by atoms with van der Waals surface area (Å²) in [6, 6.07) is 4.94. The van der Waals surface area contributed by atoms with E-state index in [-0.39, 0.29) is 18.8 Å². The van der Waals surface area contributed by atoms with Crippen molar-refractivity contribution in [1.29, 1.82) is 0 Å². The molecule has 2 N–H and O–H groups in total. The SMILES string of the molecule is COc1cnc(N[C@@H]2CNC[C@H]2OCc2ccc(C(F)(F)F)cc2)nc1. The fraction of sp³-hybridized carbons (Fsp3) is 0.412. The van der Waals surface area contributed by atoms with Crippen molar-refractivity contribution in [3.63, 3.8) is 0 Å². The van der Waals surface area contributed by atoms with Gasteiger partial charge < -0.3 is 20.1 Å². The van der Waals surface area contributed by atoms with E-state index in [0.29, 0.717) is 30.4 Å². The molecule has 1 aromatic carbocycles. The van der Waals surface area contributed by atoms with E-state index in [1.807, 2.05) is 0 Å². The van der Waals surface area contributed by atoms with Crippen LogP contribution >= 0.6 is 0 Å². The van der Waals surface area contributed by atoms with Crippen LogP contribution in [0.1, 0.15) is 11.1 Å². The van der Waals surface area contributed by atoms with E-state index in [1.54, 1.807) is 12.4 Å². The summed E-state index contributed by atoms with van der Waals surface area (Å²) in [7, 11) is 1.54. The third-order valence-electron chi connectivity index (χ3n) is 4.08. The van der Waals surface area contributed by atoms with Gasteiger partial charge in [-0.15, -0.1) is 0 Å². The van der Waals surface area contributed by atoms with Gasteiger partial charge in [0.25, 0.3) is 0 Å². The highest BCUT2D eigenvalue weighted by Crippen LogP contribution is 2.29. The smallest absolute Gasteiger partial charge is 0.416 e. The van der Waals surface area contributed by atoms with Gasteiger partial charge in [-0.25, -0.2) is 9.97 Å². The zero-order valence-corrected chi connectivity index (χ0v) is 14.1. The lowest BCUT2D eigenvalue weighted by atomic mass is 10.1. The molecule has 1 aliphatic heterocycles. The Bertz CT molecular complexity index is 707. The summed E-state index contributed by atoms with van der Waals surface area (Å²) in [5, 5.41) is 6.41. The zero-order valence-electron chi connectivity index (χ0n) is 14.1. The van der Waals surface area contributed by atoms with Gasteiger partial charge in [0.05, 0.1) is 43.8 Å². The third kappa shape index (κ3) is 4.61. The zero-order chi connectivity index (χ0) is 18.6. The summed E-state index contributed by atoms with van der Waals surface area (Å²) in [5.74, 6) is 1.03. The first-order chi connectivity index (χ1) is 12.5. The van der Waals surface area contributed by atoms with Crippen LogP contribution in [0.25, 0.3) is 0 Å². The summed E-state index contributed by atoms with van der Waals surface area (Å²) in [6.07, 6.45) is -1.35. The van der Waals surface area contributed by atoms with Crippen LogP contribution in [0.2, 0.25) is 0 Å². The van der Waals surface area contributed by atoms with Gasteiger partial charge in [-0.1, -0.05) is 12.1 Å². The van der Waals surface area contributed by atoms with Crippen LogP contribution in [-0.4, -0.2) is 42.3 Å². The number of aromatic nitrogens is 2. The minimum atomic E-state index is -4.33. The van der Waals surface area contributed by atoms with Crippen molar-refractivity contribution >= 4 is 5.95 Å². The first-order valence-electron chi connectivity index (χ1n) is 8.07. The lowest BCUT2D eigenvalue weighted by Gasteiger charge is -2.20. The molecule has 0 spiro atoms. The molecule has 140 valence electrons. The van der Waals surface area contributed by atoms with Crippen molar-refractivity contribution in [3.8, 4) is 5.75 Å². The standard InChI is InChI=1S/C17H19F3N4O2/c1-25-13-6-22-16(23-7-13)24-14-8-21-9-15(14)26-10-11-2-4-12(5-3-11)17(18,19)20/h2-7,14-15,21H,8-10H2,1H3,(H,22,23,24)/t14-,15-/m1/s1. The van der Waals surface area contributed by atoms with Crippen molar-refractivity contribution < 1.29 is 22.6 Å². The molecule has 0 saturated carbocycles. The van der Waals surface area contributed by atoms with Crippen molar-refractivity contribution in [1.82, 2.24) is 15.3 Å². The van der Waals surface area contributed by atoms with Gasteiger partial charge in [0.15, 0.2) is 5.75 Å². The van der Waals surface area contributed by atoms with E-state index in [9.17, 15) is 13.2 Å². The van der Waals surface area contributed by atoms with Crippen LogP contribution in [0, 0.1) is 0 Å². The Hall–Kier alpha value is -2.39. The van der Waals surface area contributed by atoms with Gasteiger partial charge >= 0.3 is 6.18 Å². The number of hydrogen-bond donors (Lipinski definition) is 2. The van der Waals surface area contributed by atoms with E-state index in [4.69, 9.17) is 9.47 Å². The number of nitrogens with zero attached hydrogens (tertiary/aromatic N) is 2. The Morgan fingerprint density at radius 1 is 1.15 bits per heavy atom. The Kier molecular flexibility index (Phi) is 5.58. The molecular formula is C17H19F3N4O2. The summed E-state index contributed by atoms with van der Waals surface area (Å²) in [5.41, 5.74) is 0.0179. The van der Waals surface area contributed by atoms with E-state index in [1.165, 1.54) is 19.2 Å². The fourth-order valence-corrected chi connectivity index (χ4v) is 2.63. The third-order valence-corrected chi connectivity index (χ3v) is 4.08. The van der Waals surface area contributed by atoms with E-state index in [2.05, 4.69) is 20.6 Å². The molecule has 0 radical (unpaired) electrons. The molecule has 9 heteroatoms. The van der Waals surface area contributed by atoms with Crippen LogP contribution in [0.5, 0.6) is 5.75 Å². The molecule has 1 aliphatic rings. The highest BCUT2D eigenvalue weighted by Gasteiger charge is 2.30. The predicted octanol–water partition coefficient (Wildman–Crippen LogP) is 2.47. The average Bonchev–Trinajstić information content (AvgIpc) is 3.07. The minimum Gasteiger partial charge on any atom is -0.494 e. The molecular weight excluding hydrogens is 349 g/mol. The van der Waals surface area contributed by atoms with Crippen LogP contribution in [-0.2, 0) is 17.5 Å². The van der Waals surface area contributed by atoms with Crippen molar-refractivity contribution in [2.24, 2.45) is 0 Å². The predicted molar refractivity (Wildman–Crippen MR) is 88.9 cm³/mol. The van der Waals surface area contributed by atoms with Gasteiger partial charge in [0.1, 0.15) is 0 Å².